The summed E-state index contributed by atoms with van der Waals surface area (Å²) in [6.45, 7) is 0. The molecule has 5 rings (SSSR count). The second-order valence-corrected chi connectivity index (χ2v) is 8.72. The summed E-state index contributed by atoms with van der Waals surface area (Å²) in [5.74, 6) is -2.77. The molecule has 10 nitrogen and oxygen atoms in total. The lowest BCUT2D eigenvalue weighted by Gasteiger charge is -2.09. The summed E-state index contributed by atoms with van der Waals surface area (Å²) in [5, 5.41) is 14.3. The fourth-order valence-electron chi connectivity index (χ4n) is 3.60. The summed E-state index contributed by atoms with van der Waals surface area (Å²) in [7, 11) is 0. The number of Topliss-reactive ketones (excluding diaryl/α,β-unsaturated/α-hetero) is 1. The first-order valence-corrected chi connectivity index (χ1v) is 11.4. The van der Waals surface area contributed by atoms with Crippen LogP contribution in [0.2, 0.25) is 0 Å². The standard InChI is InChI=1S/C25H15N5O5S/c31-22(14-6-2-1-3-7-14)15-10-11-16-18(12-15)27-19(13-26-16)21(30(34)35)23(32)24(33)29-25-28-17-8-4-5-9-20(17)36-25/h1-13,21H,(H,28,29,33)/t21-/m0/s1. The normalized spacial score (nSPS) is 11.8. The zero-order valence-electron chi connectivity index (χ0n) is 18.3. The lowest BCUT2D eigenvalue weighted by Crippen LogP contribution is -2.33. The lowest BCUT2D eigenvalue weighted by atomic mass is 10.0. The van der Waals surface area contributed by atoms with Crippen LogP contribution in [0.15, 0.2) is 79.0 Å². The van der Waals surface area contributed by atoms with E-state index in [2.05, 4.69) is 20.3 Å². The average Bonchev–Trinajstić information content (AvgIpc) is 3.30. The number of para-hydroxylation sites is 1. The lowest BCUT2D eigenvalue weighted by molar-refractivity contribution is -0.513. The molecule has 0 saturated carbocycles. The number of ketones is 2. The van der Waals surface area contributed by atoms with E-state index < -0.39 is 22.7 Å². The molecule has 1 amide bonds. The highest BCUT2D eigenvalue weighted by molar-refractivity contribution is 7.22. The van der Waals surface area contributed by atoms with Gasteiger partial charge in [-0.3, -0.25) is 34.8 Å². The molecule has 36 heavy (non-hydrogen) atoms. The van der Waals surface area contributed by atoms with Gasteiger partial charge in [0, 0.05) is 16.1 Å². The number of nitrogens with one attached hydrogen (secondary N) is 1. The van der Waals surface area contributed by atoms with Gasteiger partial charge in [-0.15, -0.1) is 0 Å². The van der Waals surface area contributed by atoms with Gasteiger partial charge in [-0.2, -0.15) is 0 Å². The van der Waals surface area contributed by atoms with Crippen molar-refractivity contribution >= 4 is 55.2 Å². The van der Waals surface area contributed by atoms with Crippen molar-refractivity contribution in [3.8, 4) is 0 Å². The van der Waals surface area contributed by atoms with Gasteiger partial charge >= 0.3 is 11.9 Å². The van der Waals surface area contributed by atoms with Crippen molar-refractivity contribution in [3.63, 3.8) is 0 Å². The number of thiazole rings is 1. The fraction of sp³-hybridized carbons (Fsp3) is 0.0400. The third-order valence-electron chi connectivity index (χ3n) is 5.34. The molecule has 0 bridgehead atoms. The number of hydrogen-bond donors (Lipinski definition) is 1. The number of fused-ring (bicyclic) bond motifs is 2. The molecule has 5 aromatic rings. The number of anilines is 1. The molecular formula is C25H15N5O5S. The van der Waals surface area contributed by atoms with Crippen LogP contribution in [-0.4, -0.2) is 37.3 Å². The Morgan fingerprint density at radius 2 is 1.61 bits per heavy atom. The van der Waals surface area contributed by atoms with E-state index in [1.54, 1.807) is 66.7 Å². The van der Waals surface area contributed by atoms with Gasteiger partial charge < -0.3 is 0 Å². The van der Waals surface area contributed by atoms with Gasteiger partial charge in [0.1, 0.15) is 5.69 Å². The molecule has 0 radical (unpaired) electrons. The molecule has 0 aliphatic rings. The van der Waals surface area contributed by atoms with Crippen LogP contribution in [0.5, 0.6) is 0 Å². The number of hydrogen-bond acceptors (Lipinski definition) is 9. The number of amides is 1. The molecule has 0 spiro atoms. The van der Waals surface area contributed by atoms with E-state index in [-0.39, 0.29) is 22.1 Å². The SMILES string of the molecule is O=C(Nc1nc2ccccc2s1)C(=O)[C@H](c1cnc2ccc(C(=O)c3ccccc3)cc2n1)[N+](=O)[O-]. The molecule has 1 atom stereocenters. The predicted molar refractivity (Wildman–Crippen MR) is 132 cm³/mol. The maximum Gasteiger partial charge on any atom is 0.322 e. The van der Waals surface area contributed by atoms with Crippen molar-refractivity contribution in [3.05, 3.63) is 106 Å². The molecule has 11 heteroatoms. The maximum atomic E-state index is 12.8. The molecule has 0 saturated heterocycles. The number of benzene rings is 3. The maximum absolute atomic E-state index is 12.8. The molecule has 1 N–H and O–H groups in total. The Balaban J connectivity index is 1.43. The van der Waals surface area contributed by atoms with Gasteiger partial charge in [-0.05, 0) is 30.3 Å². The highest BCUT2D eigenvalue weighted by atomic mass is 32.1. The molecule has 3 aromatic carbocycles. The summed E-state index contributed by atoms with van der Waals surface area (Å²) in [5.41, 5.74) is 1.62. The number of carbonyl (C=O) groups excluding carboxylic acids is 3. The van der Waals surface area contributed by atoms with E-state index in [1.165, 1.54) is 6.07 Å². The van der Waals surface area contributed by atoms with Crippen molar-refractivity contribution in [1.82, 2.24) is 15.0 Å². The number of rotatable bonds is 7. The third-order valence-corrected chi connectivity index (χ3v) is 6.29. The highest BCUT2D eigenvalue weighted by Crippen LogP contribution is 2.26. The number of aromatic nitrogens is 3. The summed E-state index contributed by atoms with van der Waals surface area (Å²) in [6.07, 6.45) is 1.08. The Bertz CT molecular complexity index is 1630. The van der Waals surface area contributed by atoms with Gasteiger partial charge in [0.15, 0.2) is 10.9 Å². The molecule has 2 heterocycles. The number of carbonyl (C=O) groups is 3. The van der Waals surface area contributed by atoms with E-state index in [4.69, 9.17) is 0 Å². The largest absolute Gasteiger partial charge is 0.322 e. The van der Waals surface area contributed by atoms with E-state index in [1.807, 2.05) is 0 Å². The zero-order chi connectivity index (χ0) is 25.2. The second kappa shape index (κ2) is 9.39. The Morgan fingerprint density at radius 1 is 0.861 bits per heavy atom. The minimum Gasteiger partial charge on any atom is -0.295 e. The van der Waals surface area contributed by atoms with Gasteiger partial charge in [-0.1, -0.05) is 53.8 Å². The van der Waals surface area contributed by atoms with Crippen molar-refractivity contribution in [2.45, 2.75) is 6.04 Å². The Morgan fingerprint density at radius 3 is 2.36 bits per heavy atom. The minimum absolute atomic E-state index is 0.144. The average molecular weight is 497 g/mol. The third kappa shape index (κ3) is 4.42. The fourth-order valence-corrected chi connectivity index (χ4v) is 4.46. The van der Waals surface area contributed by atoms with Crippen molar-refractivity contribution in [1.29, 1.82) is 0 Å². The van der Waals surface area contributed by atoms with Crippen molar-refractivity contribution in [2.24, 2.45) is 0 Å². The van der Waals surface area contributed by atoms with Crippen LogP contribution in [0, 0.1) is 10.1 Å². The summed E-state index contributed by atoms with van der Waals surface area (Å²) < 4.78 is 0.785. The quantitative estimate of drug-likeness (QED) is 0.154. The summed E-state index contributed by atoms with van der Waals surface area (Å²) >= 11 is 1.14. The molecule has 0 aliphatic heterocycles. The highest BCUT2D eigenvalue weighted by Gasteiger charge is 2.39. The van der Waals surface area contributed by atoms with Crippen LogP contribution in [0.4, 0.5) is 5.13 Å². The van der Waals surface area contributed by atoms with E-state index in [0.29, 0.717) is 22.2 Å². The molecule has 2 aromatic heterocycles. The van der Waals surface area contributed by atoms with Crippen LogP contribution in [0.25, 0.3) is 21.3 Å². The second-order valence-electron chi connectivity index (χ2n) is 7.69. The Labute approximate surface area is 206 Å². The molecule has 0 fully saturated rings. The molecular weight excluding hydrogens is 482 g/mol. The van der Waals surface area contributed by atoms with Crippen molar-refractivity contribution < 1.29 is 19.3 Å². The molecule has 0 unspecified atom stereocenters. The van der Waals surface area contributed by atoms with E-state index >= 15 is 0 Å². The number of nitrogens with zero attached hydrogens (tertiary/aromatic N) is 4. The van der Waals surface area contributed by atoms with Crippen LogP contribution in [0.1, 0.15) is 27.7 Å². The first-order chi connectivity index (χ1) is 17.4. The van der Waals surface area contributed by atoms with Crippen molar-refractivity contribution in [2.75, 3.05) is 5.32 Å². The molecule has 176 valence electrons. The monoisotopic (exact) mass is 497 g/mol. The van der Waals surface area contributed by atoms with Crippen LogP contribution >= 0.6 is 11.3 Å². The Hall–Kier alpha value is -4.90. The summed E-state index contributed by atoms with van der Waals surface area (Å²) in [4.78, 5) is 61.6. The first kappa shape index (κ1) is 22.9. The van der Waals surface area contributed by atoms with Crippen LogP contribution < -0.4 is 5.32 Å². The van der Waals surface area contributed by atoms with E-state index in [0.717, 1.165) is 22.2 Å². The van der Waals surface area contributed by atoms with Crippen LogP contribution in [0.3, 0.4) is 0 Å². The van der Waals surface area contributed by atoms with E-state index in [9.17, 15) is 24.5 Å². The van der Waals surface area contributed by atoms with Gasteiger partial charge in [-0.25, -0.2) is 9.97 Å². The Kier molecular flexibility index (Phi) is 5.97. The van der Waals surface area contributed by atoms with Gasteiger partial charge in [0.25, 0.3) is 5.78 Å². The number of nitro groups is 1. The zero-order valence-corrected chi connectivity index (χ0v) is 19.1. The predicted octanol–water partition coefficient (Wildman–Crippen LogP) is 4.00. The summed E-state index contributed by atoms with van der Waals surface area (Å²) in [6, 6.07) is 18.2. The topological polar surface area (TPSA) is 145 Å². The smallest absolute Gasteiger partial charge is 0.295 e. The van der Waals surface area contributed by atoms with Crippen LogP contribution in [-0.2, 0) is 9.59 Å². The van der Waals surface area contributed by atoms with Gasteiger partial charge in [0.05, 0.1) is 27.4 Å². The molecule has 0 aliphatic carbocycles. The first-order valence-electron chi connectivity index (χ1n) is 10.6. The van der Waals surface area contributed by atoms with Gasteiger partial charge in [0.2, 0.25) is 0 Å². The minimum atomic E-state index is -2.08.